The maximum absolute atomic E-state index is 13.3. The monoisotopic (exact) mass is 413 g/mol. The number of aryl methyl sites for hydroxylation is 1. The summed E-state index contributed by atoms with van der Waals surface area (Å²) in [5, 5.41) is 1.02. The zero-order valence-electron chi connectivity index (χ0n) is 17.9. The molecule has 1 saturated heterocycles. The van der Waals surface area contributed by atoms with Gasteiger partial charge in [-0.25, -0.2) is 4.98 Å². The fraction of sp³-hybridized carbons (Fsp3) is 0.522. The van der Waals surface area contributed by atoms with E-state index in [2.05, 4.69) is 25.8 Å². The van der Waals surface area contributed by atoms with Crippen LogP contribution in [-0.4, -0.2) is 52.3 Å². The highest BCUT2D eigenvalue weighted by Gasteiger charge is 2.31. The van der Waals surface area contributed by atoms with E-state index in [1.807, 2.05) is 47.1 Å². The molecule has 1 aliphatic rings. The van der Waals surface area contributed by atoms with Gasteiger partial charge in [-0.3, -0.25) is 9.59 Å². The molecule has 156 valence electrons. The van der Waals surface area contributed by atoms with Crippen molar-refractivity contribution in [3.63, 3.8) is 0 Å². The molecule has 1 aromatic carbocycles. The summed E-state index contributed by atoms with van der Waals surface area (Å²) in [5.74, 6) is 0.506. The number of aromatic nitrogens is 1. The number of nitrogens with zero attached hydrogens (tertiary/aromatic N) is 3. The number of benzene rings is 1. The summed E-state index contributed by atoms with van der Waals surface area (Å²) in [6.07, 6.45) is 2.56. The van der Waals surface area contributed by atoms with Gasteiger partial charge in [-0.2, -0.15) is 0 Å². The van der Waals surface area contributed by atoms with Crippen LogP contribution < -0.4 is 0 Å². The Hall–Kier alpha value is -2.21. The lowest BCUT2D eigenvalue weighted by molar-refractivity contribution is 0.0522. The minimum absolute atomic E-state index is 0.0808. The molecule has 29 heavy (non-hydrogen) atoms. The fourth-order valence-corrected chi connectivity index (χ4v) is 4.85. The van der Waals surface area contributed by atoms with Crippen LogP contribution in [-0.2, 0) is 0 Å². The van der Waals surface area contributed by atoms with Crippen LogP contribution in [0.3, 0.4) is 0 Å². The summed E-state index contributed by atoms with van der Waals surface area (Å²) in [6, 6.07) is 9.60. The van der Waals surface area contributed by atoms with E-state index in [0.29, 0.717) is 19.0 Å². The van der Waals surface area contributed by atoms with Crippen LogP contribution >= 0.6 is 11.3 Å². The molecule has 1 aliphatic heterocycles. The average Bonchev–Trinajstić information content (AvgIpc) is 3.14. The van der Waals surface area contributed by atoms with Crippen molar-refractivity contribution >= 4 is 23.2 Å². The molecule has 1 fully saturated rings. The van der Waals surface area contributed by atoms with Gasteiger partial charge in [0, 0.05) is 37.2 Å². The van der Waals surface area contributed by atoms with Crippen LogP contribution in [0.1, 0.15) is 76.7 Å². The topological polar surface area (TPSA) is 53.5 Å². The van der Waals surface area contributed by atoms with Crippen LogP contribution in [0, 0.1) is 6.92 Å². The Morgan fingerprint density at radius 1 is 1.21 bits per heavy atom. The van der Waals surface area contributed by atoms with E-state index >= 15 is 0 Å². The number of amides is 2. The van der Waals surface area contributed by atoms with E-state index in [1.54, 1.807) is 0 Å². The van der Waals surface area contributed by atoms with Crippen LogP contribution in [0.25, 0.3) is 0 Å². The van der Waals surface area contributed by atoms with E-state index in [0.717, 1.165) is 46.9 Å². The zero-order chi connectivity index (χ0) is 21.0. The van der Waals surface area contributed by atoms with Crippen LogP contribution in [0.2, 0.25) is 0 Å². The molecule has 2 heterocycles. The molecule has 2 amide bonds. The highest BCUT2D eigenvalue weighted by molar-refractivity contribution is 7.13. The summed E-state index contributed by atoms with van der Waals surface area (Å²) in [7, 11) is 0. The van der Waals surface area contributed by atoms with E-state index in [1.165, 1.54) is 11.3 Å². The first-order valence-corrected chi connectivity index (χ1v) is 11.4. The van der Waals surface area contributed by atoms with E-state index in [-0.39, 0.29) is 17.9 Å². The first-order valence-electron chi connectivity index (χ1n) is 10.5. The molecule has 6 heteroatoms. The standard InChI is InChI=1S/C23H31N3O2S/c1-5-13-26(23(28)20-17(4)24-21(29-20)16(2)3)19-11-14-25(15-12-19)22(27)18-9-7-6-8-10-18/h6-10,16,19H,5,11-15H2,1-4H3. The van der Waals surface area contributed by atoms with Crippen molar-refractivity contribution < 1.29 is 9.59 Å². The molecule has 0 spiro atoms. The molecule has 3 rings (SSSR count). The number of thiazole rings is 1. The van der Waals surface area contributed by atoms with Gasteiger partial charge in [0.05, 0.1) is 10.7 Å². The number of carbonyl (C=O) groups is 2. The number of carbonyl (C=O) groups excluding carboxylic acids is 2. The Bertz CT molecular complexity index is 839. The summed E-state index contributed by atoms with van der Waals surface area (Å²) in [5.41, 5.74) is 1.57. The van der Waals surface area contributed by atoms with Crippen molar-refractivity contribution in [2.75, 3.05) is 19.6 Å². The van der Waals surface area contributed by atoms with Crippen molar-refractivity contribution in [3.8, 4) is 0 Å². The van der Waals surface area contributed by atoms with Gasteiger partial charge < -0.3 is 9.80 Å². The number of hydrogen-bond donors (Lipinski definition) is 0. The second-order valence-electron chi connectivity index (χ2n) is 8.01. The summed E-state index contributed by atoms with van der Waals surface area (Å²) >= 11 is 1.53. The summed E-state index contributed by atoms with van der Waals surface area (Å²) in [4.78, 5) is 35.4. The minimum Gasteiger partial charge on any atom is -0.338 e. The zero-order valence-corrected chi connectivity index (χ0v) is 18.7. The Balaban J connectivity index is 1.69. The first-order chi connectivity index (χ1) is 13.9. The van der Waals surface area contributed by atoms with Crippen molar-refractivity contribution in [1.29, 1.82) is 0 Å². The smallest absolute Gasteiger partial charge is 0.266 e. The van der Waals surface area contributed by atoms with E-state index in [4.69, 9.17) is 0 Å². The average molecular weight is 414 g/mol. The minimum atomic E-state index is 0.0808. The molecule has 1 aromatic heterocycles. The highest BCUT2D eigenvalue weighted by Crippen LogP contribution is 2.28. The van der Waals surface area contributed by atoms with Crippen molar-refractivity contribution in [2.45, 2.75) is 58.9 Å². The third-order valence-electron chi connectivity index (χ3n) is 5.44. The largest absolute Gasteiger partial charge is 0.338 e. The van der Waals surface area contributed by atoms with Crippen molar-refractivity contribution in [2.24, 2.45) is 0 Å². The second-order valence-corrected chi connectivity index (χ2v) is 9.04. The van der Waals surface area contributed by atoms with Crippen LogP contribution in [0.5, 0.6) is 0 Å². The number of hydrogen-bond acceptors (Lipinski definition) is 4. The van der Waals surface area contributed by atoms with E-state index < -0.39 is 0 Å². The van der Waals surface area contributed by atoms with Gasteiger partial charge in [0.25, 0.3) is 11.8 Å². The lowest BCUT2D eigenvalue weighted by atomic mass is 10.0. The number of likely N-dealkylation sites (tertiary alicyclic amines) is 1. The molecular formula is C23H31N3O2S. The third-order valence-corrected chi connectivity index (χ3v) is 6.89. The summed E-state index contributed by atoms with van der Waals surface area (Å²) in [6.45, 7) is 10.4. The van der Waals surface area contributed by atoms with Gasteiger partial charge in [0.15, 0.2) is 0 Å². The van der Waals surface area contributed by atoms with Crippen LogP contribution in [0.15, 0.2) is 30.3 Å². The number of piperidine rings is 1. The highest BCUT2D eigenvalue weighted by atomic mass is 32.1. The Kier molecular flexibility index (Phi) is 7.06. The quantitative estimate of drug-likeness (QED) is 0.688. The normalized spacial score (nSPS) is 15.0. The van der Waals surface area contributed by atoms with Gasteiger partial charge in [-0.15, -0.1) is 11.3 Å². The molecule has 0 N–H and O–H groups in total. The molecule has 0 bridgehead atoms. The van der Waals surface area contributed by atoms with Gasteiger partial charge in [-0.1, -0.05) is 39.0 Å². The molecule has 0 unspecified atom stereocenters. The van der Waals surface area contributed by atoms with E-state index in [9.17, 15) is 9.59 Å². The van der Waals surface area contributed by atoms with Crippen molar-refractivity contribution in [1.82, 2.24) is 14.8 Å². The molecule has 2 aromatic rings. The molecule has 0 atom stereocenters. The Morgan fingerprint density at radius 2 is 1.86 bits per heavy atom. The van der Waals surface area contributed by atoms with Crippen LogP contribution in [0.4, 0.5) is 0 Å². The Morgan fingerprint density at radius 3 is 2.41 bits per heavy atom. The predicted octanol–water partition coefficient (Wildman–Crippen LogP) is 4.73. The maximum Gasteiger partial charge on any atom is 0.266 e. The van der Waals surface area contributed by atoms with Gasteiger partial charge in [-0.05, 0) is 38.3 Å². The molecule has 5 nitrogen and oxygen atoms in total. The first kappa shape index (κ1) is 21.5. The lowest BCUT2D eigenvalue weighted by Crippen LogP contribution is -2.49. The molecule has 0 aliphatic carbocycles. The van der Waals surface area contributed by atoms with Gasteiger partial charge >= 0.3 is 0 Å². The maximum atomic E-state index is 13.3. The third kappa shape index (κ3) is 4.86. The molecule has 0 radical (unpaired) electrons. The van der Waals surface area contributed by atoms with Gasteiger partial charge in [0.1, 0.15) is 4.88 Å². The lowest BCUT2D eigenvalue weighted by Gasteiger charge is -2.38. The molecule has 0 saturated carbocycles. The van der Waals surface area contributed by atoms with Gasteiger partial charge in [0.2, 0.25) is 0 Å². The number of rotatable bonds is 6. The molecular weight excluding hydrogens is 382 g/mol. The fourth-order valence-electron chi connectivity index (χ4n) is 3.83. The predicted molar refractivity (Wildman–Crippen MR) is 118 cm³/mol. The van der Waals surface area contributed by atoms with Crippen molar-refractivity contribution in [3.05, 3.63) is 51.5 Å². The summed E-state index contributed by atoms with van der Waals surface area (Å²) < 4.78 is 0. The SMILES string of the molecule is CCCN(C(=O)c1sc(C(C)C)nc1C)C1CCN(C(=O)c2ccccc2)CC1. The second kappa shape index (κ2) is 9.53. The Labute approximate surface area is 177 Å².